The van der Waals surface area contributed by atoms with Crippen molar-refractivity contribution in [1.29, 1.82) is 0 Å². The maximum absolute atomic E-state index is 12.0. The van der Waals surface area contributed by atoms with Crippen LogP contribution < -0.4 is 0 Å². The van der Waals surface area contributed by atoms with E-state index in [9.17, 15) is 4.57 Å². The van der Waals surface area contributed by atoms with Gasteiger partial charge in [-0.15, -0.1) is 0 Å². The second kappa shape index (κ2) is 2.47. The third-order valence-electron chi connectivity index (χ3n) is 3.55. The largest absolute Gasteiger partial charge is 0.312 e. The first-order chi connectivity index (χ1) is 5.04. The summed E-state index contributed by atoms with van der Waals surface area (Å²) in [7, 11) is 0. The molecule has 2 aliphatic rings. The second-order valence-corrected chi connectivity index (χ2v) is 12.3. The minimum absolute atomic E-state index is 0.290. The van der Waals surface area contributed by atoms with Crippen molar-refractivity contribution in [3.63, 3.8) is 0 Å². The second-order valence-electron chi connectivity index (χ2n) is 4.19. The SMILES string of the molecule is CP(=O)(I)C12CCC(CC1)C2. The molecule has 2 fully saturated rings. The molecule has 11 heavy (non-hydrogen) atoms. The summed E-state index contributed by atoms with van der Waals surface area (Å²) >= 11 is 2.21. The van der Waals surface area contributed by atoms with Crippen LogP contribution in [-0.4, -0.2) is 11.8 Å². The number of hydrogen-bond acceptors (Lipinski definition) is 1. The molecule has 1 unspecified atom stereocenters. The first-order valence-corrected chi connectivity index (χ1v) is 9.25. The van der Waals surface area contributed by atoms with E-state index in [0.29, 0.717) is 0 Å². The maximum Gasteiger partial charge on any atom is 0.146 e. The van der Waals surface area contributed by atoms with Gasteiger partial charge in [0, 0.05) is 5.16 Å². The molecule has 2 aliphatic carbocycles. The summed E-state index contributed by atoms with van der Waals surface area (Å²) < 4.78 is 12.0. The lowest BCUT2D eigenvalue weighted by molar-refractivity contribution is 0.482. The monoisotopic (exact) mass is 284 g/mol. The Morgan fingerprint density at radius 2 is 2.00 bits per heavy atom. The molecule has 0 aromatic carbocycles. The summed E-state index contributed by atoms with van der Waals surface area (Å²) in [6.45, 7) is 1.97. The van der Waals surface area contributed by atoms with Crippen LogP contribution in [0.15, 0.2) is 0 Å². The van der Waals surface area contributed by atoms with Crippen LogP contribution in [0.4, 0.5) is 0 Å². The molecule has 0 saturated heterocycles. The van der Waals surface area contributed by atoms with E-state index in [4.69, 9.17) is 0 Å². The fraction of sp³-hybridized carbons (Fsp3) is 1.00. The van der Waals surface area contributed by atoms with Crippen molar-refractivity contribution in [2.45, 2.75) is 37.3 Å². The van der Waals surface area contributed by atoms with Crippen LogP contribution in [0.2, 0.25) is 0 Å². The first kappa shape index (κ1) is 8.55. The van der Waals surface area contributed by atoms with Crippen LogP contribution in [0, 0.1) is 5.92 Å². The Bertz CT molecular complexity index is 212. The van der Waals surface area contributed by atoms with Crippen LogP contribution in [0.5, 0.6) is 0 Å². The zero-order valence-electron chi connectivity index (χ0n) is 6.85. The molecule has 3 heteroatoms. The summed E-state index contributed by atoms with van der Waals surface area (Å²) in [5.74, 6) is 0.929. The van der Waals surface area contributed by atoms with Gasteiger partial charge in [0.25, 0.3) is 0 Å². The minimum atomic E-state index is -1.83. The lowest BCUT2D eigenvalue weighted by Gasteiger charge is -2.29. The van der Waals surface area contributed by atoms with E-state index in [1.807, 2.05) is 6.66 Å². The highest BCUT2D eigenvalue weighted by atomic mass is 127. The van der Waals surface area contributed by atoms with Crippen molar-refractivity contribution in [1.82, 2.24) is 0 Å². The Morgan fingerprint density at radius 3 is 2.18 bits per heavy atom. The molecule has 0 N–H and O–H groups in total. The predicted octanol–water partition coefficient (Wildman–Crippen LogP) is 3.66. The molecule has 0 aromatic rings. The van der Waals surface area contributed by atoms with Gasteiger partial charge in [0.1, 0.15) is 4.78 Å². The quantitative estimate of drug-likeness (QED) is 0.530. The maximum atomic E-state index is 12.0. The normalized spacial score (nSPS) is 47.6. The van der Waals surface area contributed by atoms with Crippen LogP contribution in [0.1, 0.15) is 32.1 Å². The van der Waals surface area contributed by atoms with Gasteiger partial charge in [0.15, 0.2) is 0 Å². The van der Waals surface area contributed by atoms with E-state index in [0.717, 1.165) is 5.92 Å². The average molecular weight is 284 g/mol. The fourth-order valence-corrected chi connectivity index (χ4v) is 6.40. The molecule has 1 nitrogen and oxygen atoms in total. The zero-order valence-corrected chi connectivity index (χ0v) is 9.90. The number of hydrogen-bond donors (Lipinski definition) is 0. The third-order valence-corrected chi connectivity index (χ3v) is 8.95. The Morgan fingerprint density at radius 1 is 1.45 bits per heavy atom. The summed E-state index contributed by atoms with van der Waals surface area (Å²) in [6.07, 6.45) is 6.45. The molecule has 1 atom stereocenters. The molecule has 0 aromatic heterocycles. The molecule has 0 radical (unpaired) electrons. The van der Waals surface area contributed by atoms with Crippen LogP contribution >= 0.6 is 26.8 Å². The average Bonchev–Trinajstić information content (AvgIpc) is 2.42. The number of rotatable bonds is 1. The van der Waals surface area contributed by atoms with E-state index >= 15 is 0 Å². The topological polar surface area (TPSA) is 17.1 Å². The van der Waals surface area contributed by atoms with Crippen LogP contribution in [0.25, 0.3) is 0 Å². The molecule has 2 rings (SSSR count). The van der Waals surface area contributed by atoms with Crippen molar-refractivity contribution in [2.24, 2.45) is 5.92 Å². The molecule has 2 saturated carbocycles. The van der Waals surface area contributed by atoms with Crippen molar-refractivity contribution >= 4 is 26.8 Å². The highest BCUT2D eigenvalue weighted by Crippen LogP contribution is 2.73. The summed E-state index contributed by atoms with van der Waals surface area (Å²) in [6, 6.07) is 0. The van der Waals surface area contributed by atoms with E-state index in [1.54, 1.807) is 0 Å². The zero-order chi connectivity index (χ0) is 8.11. The Hall–Kier alpha value is 0.960. The fourth-order valence-electron chi connectivity index (χ4n) is 2.72. The Labute approximate surface area is 81.2 Å². The molecule has 0 aliphatic heterocycles. The van der Waals surface area contributed by atoms with E-state index in [-0.39, 0.29) is 5.16 Å². The smallest absolute Gasteiger partial charge is 0.146 e. The molecular weight excluding hydrogens is 270 g/mol. The molecule has 64 valence electrons. The van der Waals surface area contributed by atoms with Crippen molar-refractivity contribution in [2.75, 3.05) is 6.66 Å². The van der Waals surface area contributed by atoms with Gasteiger partial charge in [-0.25, -0.2) is 0 Å². The van der Waals surface area contributed by atoms with Gasteiger partial charge in [-0.2, -0.15) is 0 Å². The Kier molecular flexibility index (Phi) is 1.92. The van der Waals surface area contributed by atoms with Crippen molar-refractivity contribution < 1.29 is 4.57 Å². The van der Waals surface area contributed by atoms with Gasteiger partial charge in [-0.3, -0.25) is 0 Å². The summed E-state index contributed by atoms with van der Waals surface area (Å²) in [4.78, 5) is -1.83. The summed E-state index contributed by atoms with van der Waals surface area (Å²) in [5.41, 5.74) is 0. The minimum Gasteiger partial charge on any atom is -0.312 e. The van der Waals surface area contributed by atoms with Gasteiger partial charge in [-0.1, -0.05) is 0 Å². The molecule has 2 bridgehead atoms. The van der Waals surface area contributed by atoms with Gasteiger partial charge in [0.05, 0.1) is 0 Å². The third kappa shape index (κ3) is 1.21. The van der Waals surface area contributed by atoms with E-state index < -0.39 is 4.78 Å². The van der Waals surface area contributed by atoms with E-state index in [1.165, 1.54) is 32.1 Å². The highest BCUT2D eigenvalue weighted by Gasteiger charge is 2.52. The standard InChI is InChI=1S/C8H14IOP/c1-11(9,10)8-4-2-7(6-8)3-5-8/h7H,2-6H2,1H3. The molecular formula is C8H14IOP. The predicted molar refractivity (Wildman–Crippen MR) is 56.9 cm³/mol. The first-order valence-electron chi connectivity index (χ1n) is 4.31. The van der Waals surface area contributed by atoms with Crippen LogP contribution in [0.3, 0.4) is 0 Å². The van der Waals surface area contributed by atoms with Gasteiger partial charge >= 0.3 is 0 Å². The van der Waals surface area contributed by atoms with Crippen molar-refractivity contribution in [3.8, 4) is 0 Å². The summed E-state index contributed by atoms with van der Waals surface area (Å²) in [5, 5.41) is 0.290. The lowest BCUT2D eigenvalue weighted by Crippen LogP contribution is -2.19. The number of fused-ring (bicyclic) bond motifs is 2. The number of halogens is 1. The highest BCUT2D eigenvalue weighted by molar-refractivity contribution is 14.2. The van der Waals surface area contributed by atoms with Gasteiger partial charge in [-0.05, 0) is 66.7 Å². The Balaban J connectivity index is 2.30. The molecule has 0 heterocycles. The lowest BCUT2D eigenvalue weighted by atomic mass is 10.0. The molecule has 0 amide bonds. The van der Waals surface area contributed by atoms with Crippen molar-refractivity contribution in [3.05, 3.63) is 0 Å². The molecule has 0 spiro atoms. The van der Waals surface area contributed by atoms with E-state index in [2.05, 4.69) is 22.0 Å². The van der Waals surface area contributed by atoms with Gasteiger partial charge < -0.3 is 4.57 Å². The van der Waals surface area contributed by atoms with Gasteiger partial charge in [0.2, 0.25) is 0 Å². The van der Waals surface area contributed by atoms with Crippen LogP contribution in [-0.2, 0) is 4.57 Å².